The molecule has 2 amide bonds. The Morgan fingerprint density at radius 1 is 1.25 bits per heavy atom. The van der Waals surface area contributed by atoms with Crippen LogP contribution in [-0.4, -0.2) is 35.5 Å². The Morgan fingerprint density at radius 2 is 1.95 bits per heavy atom. The van der Waals surface area contributed by atoms with Crippen LogP contribution < -0.4 is 10.6 Å². The van der Waals surface area contributed by atoms with Gasteiger partial charge in [-0.2, -0.15) is 0 Å². The Hall–Kier alpha value is -1.59. The van der Waals surface area contributed by atoms with Gasteiger partial charge in [-0.3, -0.25) is 0 Å². The van der Waals surface area contributed by atoms with Gasteiger partial charge in [-0.1, -0.05) is 31.9 Å². The fourth-order valence-corrected chi connectivity index (χ4v) is 1.78. The minimum absolute atomic E-state index is 0.0252. The third-order valence-corrected chi connectivity index (χ3v) is 2.99. The first-order valence-corrected chi connectivity index (χ1v) is 7.08. The molecule has 1 unspecified atom stereocenters. The summed E-state index contributed by atoms with van der Waals surface area (Å²) in [5.74, 6) is 0. The molecule has 0 aliphatic rings. The van der Waals surface area contributed by atoms with Gasteiger partial charge in [-0.25, -0.2) is 4.79 Å². The number of aliphatic hydroxyl groups is 2. The maximum atomic E-state index is 11.5. The zero-order valence-corrected chi connectivity index (χ0v) is 11.9. The van der Waals surface area contributed by atoms with Crippen LogP contribution in [-0.2, 0) is 6.42 Å². The monoisotopic (exact) mass is 280 g/mol. The lowest BCUT2D eigenvalue weighted by Crippen LogP contribution is -2.36. The molecule has 5 heteroatoms. The third-order valence-electron chi connectivity index (χ3n) is 2.99. The van der Waals surface area contributed by atoms with Gasteiger partial charge in [0.05, 0.1) is 12.7 Å². The van der Waals surface area contributed by atoms with Gasteiger partial charge in [0.2, 0.25) is 0 Å². The molecule has 20 heavy (non-hydrogen) atoms. The number of amides is 2. The SMILES string of the molecule is CCCCCc1ccc(NC(=O)NCC(O)CO)cc1. The van der Waals surface area contributed by atoms with Gasteiger partial charge in [-0.05, 0) is 30.5 Å². The average molecular weight is 280 g/mol. The lowest BCUT2D eigenvalue weighted by molar-refractivity contribution is 0.0965. The second kappa shape index (κ2) is 9.34. The van der Waals surface area contributed by atoms with Crippen molar-refractivity contribution in [3.8, 4) is 0 Å². The smallest absolute Gasteiger partial charge is 0.319 e. The second-order valence-electron chi connectivity index (χ2n) is 4.83. The maximum Gasteiger partial charge on any atom is 0.319 e. The van der Waals surface area contributed by atoms with E-state index in [2.05, 4.69) is 17.6 Å². The number of carbonyl (C=O) groups is 1. The molecule has 0 aromatic heterocycles. The average Bonchev–Trinajstić information content (AvgIpc) is 2.47. The number of unbranched alkanes of at least 4 members (excludes halogenated alkanes) is 2. The molecule has 112 valence electrons. The number of anilines is 1. The first-order chi connectivity index (χ1) is 9.65. The van der Waals surface area contributed by atoms with E-state index in [4.69, 9.17) is 10.2 Å². The molecule has 1 atom stereocenters. The molecule has 0 saturated carbocycles. The van der Waals surface area contributed by atoms with E-state index in [-0.39, 0.29) is 13.2 Å². The summed E-state index contributed by atoms with van der Waals surface area (Å²) < 4.78 is 0. The summed E-state index contributed by atoms with van der Waals surface area (Å²) in [7, 11) is 0. The molecule has 1 aromatic carbocycles. The van der Waals surface area contributed by atoms with Gasteiger partial charge in [-0.15, -0.1) is 0 Å². The Balaban J connectivity index is 2.35. The fraction of sp³-hybridized carbons (Fsp3) is 0.533. The van der Waals surface area contributed by atoms with Crippen molar-refractivity contribution in [3.05, 3.63) is 29.8 Å². The van der Waals surface area contributed by atoms with E-state index in [1.165, 1.54) is 24.8 Å². The van der Waals surface area contributed by atoms with Gasteiger partial charge >= 0.3 is 6.03 Å². The Morgan fingerprint density at radius 3 is 2.55 bits per heavy atom. The minimum atomic E-state index is -0.929. The second-order valence-corrected chi connectivity index (χ2v) is 4.83. The Kier molecular flexibility index (Phi) is 7.69. The van der Waals surface area contributed by atoms with E-state index in [0.29, 0.717) is 5.69 Å². The maximum absolute atomic E-state index is 11.5. The number of hydrogen-bond acceptors (Lipinski definition) is 3. The topological polar surface area (TPSA) is 81.6 Å². The van der Waals surface area contributed by atoms with Gasteiger partial charge in [0.15, 0.2) is 0 Å². The highest BCUT2D eigenvalue weighted by Crippen LogP contribution is 2.12. The number of urea groups is 1. The van der Waals surface area contributed by atoms with Crippen LogP contribution in [0.2, 0.25) is 0 Å². The van der Waals surface area contributed by atoms with E-state index in [9.17, 15) is 4.79 Å². The molecule has 5 nitrogen and oxygen atoms in total. The van der Waals surface area contributed by atoms with Crippen molar-refractivity contribution in [3.63, 3.8) is 0 Å². The van der Waals surface area contributed by atoms with Crippen LogP contribution in [0.1, 0.15) is 31.7 Å². The van der Waals surface area contributed by atoms with E-state index in [1.54, 1.807) is 0 Å². The molecule has 1 rings (SSSR count). The molecule has 0 radical (unpaired) electrons. The van der Waals surface area contributed by atoms with Crippen molar-refractivity contribution in [2.45, 2.75) is 38.7 Å². The highest BCUT2D eigenvalue weighted by molar-refractivity contribution is 5.89. The summed E-state index contributed by atoms with van der Waals surface area (Å²) in [4.78, 5) is 11.5. The molecule has 0 spiro atoms. The van der Waals surface area contributed by atoms with Crippen LogP contribution in [0.5, 0.6) is 0 Å². The van der Waals surface area contributed by atoms with E-state index < -0.39 is 12.1 Å². The van der Waals surface area contributed by atoms with Crippen molar-refractivity contribution in [1.82, 2.24) is 5.32 Å². The zero-order valence-electron chi connectivity index (χ0n) is 11.9. The molecule has 0 aliphatic carbocycles. The molecule has 1 aromatic rings. The molecule has 0 fully saturated rings. The van der Waals surface area contributed by atoms with Gasteiger partial charge in [0, 0.05) is 12.2 Å². The number of hydrogen-bond donors (Lipinski definition) is 4. The molecule has 0 aliphatic heterocycles. The summed E-state index contributed by atoms with van der Waals surface area (Å²) in [5, 5.41) is 22.9. The summed E-state index contributed by atoms with van der Waals surface area (Å²) in [5.41, 5.74) is 1.97. The van der Waals surface area contributed by atoms with Crippen molar-refractivity contribution < 1.29 is 15.0 Å². The highest BCUT2D eigenvalue weighted by atomic mass is 16.3. The molecule has 0 saturated heterocycles. The third kappa shape index (κ3) is 6.54. The summed E-state index contributed by atoms with van der Waals surface area (Å²) in [6, 6.07) is 7.35. The molecule has 4 N–H and O–H groups in total. The quantitative estimate of drug-likeness (QED) is 0.549. The van der Waals surface area contributed by atoms with Crippen LogP contribution in [0.4, 0.5) is 10.5 Å². The predicted octanol–water partition coefficient (Wildman–Crippen LogP) is 1.89. The lowest BCUT2D eigenvalue weighted by Gasteiger charge is -2.10. The number of carbonyl (C=O) groups excluding carboxylic acids is 1. The Bertz CT molecular complexity index is 393. The number of nitrogens with one attached hydrogen (secondary N) is 2. The van der Waals surface area contributed by atoms with Gasteiger partial charge < -0.3 is 20.8 Å². The van der Waals surface area contributed by atoms with Gasteiger partial charge in [0.1, 0.15) is 0 Å². The first kappa shape index (κ1) is 16.5. The number of aliphatic hydroxyl groups excluding tert-OH is 2. The van der Waals surface area contributed by atoms with Crippen molar-refractivity contribution in [2.75, 3.05) is 18.5 Å². The normalized spacial score (nSPS) is 11.9. The van der Waals surface area contributed by atoms with Gasteiger partial charge in [0.25, 0.3) is 0 Å². The van der Waals surface area contributed by atoms with Crippen LogP contribution in [0.3, 0.4) is 0 Å². The number of rotatable bonds is 8. The number of benzene rings is 1. The molecule has 0 heterocycles. The van der Waals surface area contributed by atoms with E-state index in [0.717, 1.165) is 6.42 Å². The molecular formula is C15H24N2O3. The van der Waals surface area contributed by atoms with Crippen molar-refractivity contribution in [1.29, 1.82) is 0 Å². The highest BCUT2D eigenvalue weighted by Gasteiger charge is 2.05. The lowest BCUT2D eigenvalue weighted by atomic mass is 10.1. The molecular weight excluding hydrogens is 256 g/mol. The molecule has 0 bridgehead atoms. The summed E-state index contributed by atoms with van der Waals surface area (Å²) in [6.45, 7) is 1.84. The van der Waals surface area contributed by atoms with E-state index >= 15 is 0 Å². The van der Waals surface area contributed by atoms with Crippen LogP contribution in [0, 0.1) is 0 Å². The van der Waals surface area contributed by atoms with E-state index in [1.807, 2.05) is 24.3 Å². The van der Waals surface area contributed by atoms with Crippen LogP contribution >= 0.6 is 0 Å². The minimum Gasteiger partial charge on any atom is -0.394 e. The van der Waals surface area contributed by atoms with Crippen molar-refractivity contribution in [2.24, 2.45) is 0 Å². The summed E-state index contributed by atoms with van der Waals surface area (Å²) >= 11 is 0. The largest absolute Gasteiger partial charge is 0.394 e. The summed E-state index contributed by atoms with van der Waals surface area (Å²) in [6.07, 6.45) is 3.75. The Labute approximate surface area is 120 Å². The van der Waals surface area contributed by atoms with Crippen LogP contribution in [0.15, 0.2) is 24.3 Å². The first-order valence-electron chi connectivity index (χ1n) is 7.08. The predicted molar refractivity (Wildman–Crippen MR) is 79.8 cm³/mol. The fourth-order valence-electron chi connectivity index (χ4n) is 1.78. The number of aryl methyl sites for hydroxylation is 1. The van der Waals surface area contributed by atoms with Crippen LogP contribution in [0.25, 0.3) is 0 Å². The zero-order chi connectivity index (χ0) is 14.8. The standard InChI is InChI=1S/C15H24N2O3/c1-2-3-4-5-12-6-8-13(9-7-12)17-15(20)16-10-14(19)11-18/h6-9,14,18-19H,2-5,10-11H2,1H3,(H2,16,17,20). The van der Waals surface area contributed by atoms with Crippen molar-refractivity contribution >= 4 is 11.7 Å².